The number of anilines is 1. The molecule has 2 aromatic rings. The highest BCUT2D eigenvalue weighted by atomic mass is 35.5. The van der Waals surface area contributed by atoms with E-state index in [4.69, 9.17) is 11.6 Å². The lowest BCUT2D eigenvalue weighted by atomic mass is 10.1. The van der Waals surface area contributed by atoms with E-state index < -0.39 is 0 Å². The number of halogens is 1. The molecule has 0 atom stereocenters. The lowest BCUT2D eigenvalue weighted by Crippen LogP contribution is -2.05. The molecule has 1 heterocycles. The van der Waals surface area contributed by atoms with Gasteiger partial charge in [0.1, 0.15) is 5.82 Å². The van der Waals surface area contributed by atoms with Crippen molar-refractivity contribution >= 4 is 17.4 Å². The van der Waals surface area contributed by atoms with Crippen molar-refractivity contribution in [3.8, 4) is 0 Å². The van der Waals surface area contributed by atoms with Crippen LogP contribution in [0.1, 0.15) is 17.7 Å². The molecule has 3 nitrogen and oxygen atoms in total. The fourth-order valence-corrected chi connectivity index (χ4v) is 1.96. The molecule has 1 aromatic carbocycles. The minimum atomic E-state index is 0.796. The Bertz CT molecular complexity index is 466. The summed E-state index contributed by atoms with van der Waals surface area (Å²) in [6.07, 6.45) is 5.53. The molecular formula is C14H16ClN3. The highest BCUT2D eigenvalue weighted by Crippen LogP contribution is 2.12. The van der Waals surface area contributed by atoms with Gasteiger partial charge in [0.05, 0.1) is 11.9 Å². The van der Waals surface area contributed by atoms with Gasteiger partial charge in [-0.1, -0.05) is 23.7 Å². The van der Waals surface area contributed by atoms with E-state index in [0.29, 0.717) is 0 Å². The maximum atomic E-state index is 5.94. The van der Waals surface area contributed by atoms with Crippen LogP contribution in [0.3, 0.4) is 0 Å². The molecule has 0 unspecified atom stereocenters. The van der Waals surface area contributed by atoms with Crippen molar-refractivity contribution in [1.29, 1.82) is 0 Å². The Morgan fingerprint density at radius 2 is 2.17 bits per heavy atom. The lowest BCUT2D eigenvalue weighted by Gasteiger charge is -2.06. The number of rotatable bonds is 5. The second-order valence-electron chi connectivity index (χ2n) is 4.21. The van der Waals surface area contributed by atoms with Crippen molar-refractivity contribution in [2.45, 2.75) is 19.8 Å². The van der Waals surface area contributed by atoms with Crippen LogP contribution in [0.4, 0.5) is 5.82 Å². The fraction of sp³-hybridized carbons (Fsp3) is 0.286. The van der Waals surface area contributed by atoms with Gasteiger partial charge in [0.2, 0.25) is 0 Å². The Labute approximate surface area is 112 Å². The predicted molar refractivity (Wildman–Crippen MR) is 75.0 cm³/mol. The first-order valence-electron chi connectivity index (χ1n) is 6.01. The van der Waals surface area contributed by atoms with Crippen molar-refractivity contribution in [3.05, 3.63) is 52.9 Å². The third-order valence-corrected chi connectivity index (χ3v) is 2.83. The SMILES string of the molecule is Cc1cncc(NCCCc2cccc(Cl)c2)n1. The Hall–Kier alpha value is -1.61. The van der Waals surface area contributed by atoms with Crippen molar-refractivity contribution in [1.82, 2.24) is 9.97 Å². The molecule has 0 aliphatic rings. The maximum absolute atomic E-state index is 5.94. The van der Waals surface area contributed by atoms with Crippen LogP contribution in [0.25, 0.3) is 0 Å². The normalized spacial score (nSPS) is 10.3. The van der Waals surface area contributed by atoms with Crippen LogP contribution in [0.15, 0.2) is 36.7 Å². The second-order valence-corrected chi connectivity index (χ2v) is 4.64. The first-order chi connectivity index (χ1) is 8.74. The van der Waals surface area contributed by atoms with E-state index in [1.54, 1.807) is 12.4 Å². The zero-order valence-electron chi connectivity index (χ0n) is 10.4. The Morgan fingerprint density at radius 1 is 1.28 bits per heavy atom. The van der Waals surface area contributed by atoms with E-state index in [9.17, 15) is 0 Å². The first kappa shape index (κ1) is 12.8. The summed E-state index contributed by atoms with van der Waals surface area (Å²) in [6, 6.07) is 7.98. The molecule has 2 rings (SSSR count). The Balaban J connectivity index is 1.76. The second kappa shape index (κ2) is 6.36. The average molecular weight is 262 g/mol. The van der Waals surface area contributed by atoms with Gasteiger partial charge in [-0.05, 0) is 37.5 Å². The van der Waals surface area contributed by atoms with Gasteiger partial charge >= 0.3 is 0 Å². The van der Waals surface area contributed by atoms with Gasteiger partial charge in [0.15, 0.2) is 0 Å². The van der Waals surface area contributed by atoms with Gasteiger partial charge in [-0.2, -0.15) is 0 Å². The smallest absolute Gasteiger partial charge is 0.144 e. The van der Waals surface area contributed by atoms with E-state index in [1.807, 2.05) is 25.1 Å². The largest absolute Gasteiger partial charge is 0.369 e. The van der Waals surface area contributed by atoms with Crippen molar-refractivity contribution in [2.75, 3.05) is 11.9 Å². The molecule has 0 fully saturated rings. The summed E-state index contributed by atoms with van der Waals surface area (Å²) < 4.78 is 0. The molecule has 0 aliphatic carbocycles. The van der Waals surface area contributed by atoms with Crippen LogP contribution in [0, 0.1) is 6.92 Å². The van der Waals surface area contributed by atoms with Gasteiger partial charge in [-0.3, -0.25) is 4.98 Å². The van der Waals surface area contributed by atoms with E-state index in [2.05, 4.69) is 21.4 Å². The molecule has 18 heavy (non-hydrogen) atoms. The van der Waals surface area contributed by atoms with Crippen LogP contribution >= 0.6 is 11.6 Å². The minimum Gasteiger partial charge on any atom is -0.369 e. The molecule has 0 spiro atoms. The van der Waals surface area contributed by atoms with Gasteiger partial charge in [0, 0.05) is 17.8 Å². The number of hydrogen-bond donors (Lipinski definition) is 1. The molecule has 0 saturated heterocycles. The molecular weight excluding hydrogens is 246 g/mol. The predicted octanol–water partition coefficient (Wildman–Crippen LogP) is 3.48. The summed E-state index contributed by atoms with van der Waals surface area (Å²) in [6.45, 7) is 2.81. The quantitative estimate of drug-likeness (QED) is 0.838. The molecule has 0 amide bonds. The topological polar surface area (TPSA) is 37.8 Å². The van der Waals surface area contributed by atoms with E-state index in [-0.39, 0.29) is 0 Å². The Kier molecular flexibility index (Phi) is 4.53. The molecule has 1 N–H and O–H groups in total. The highest BCUT2D eigenvalue weighted by molar-refractivity contribution is 6.30. The van der Waals surface area contributed by atoms with Crippen molar-refractivity contribution in [3.63, 3.8) is 0 Å². The van der Waals surface area contributed by atoms with E-state index in [0.717, 1.165) is 35.9 Å². The monoisotopic (exact) mass is 261 g/mol. The average Bonchev–Trinajstić information content (AvgIpc) is 2.35. The molecule has 4 heteroatoms. The summed E-state index contributed by atoms with van der Waals surface area (Å²) in [5.74, 6) is 0.834. The van der Waals surface area contributed by atoms with E-state index in [1.165, 1.54) is 5.56 Å². The van der Waals surface area contributed by atoms with Crippen LogP contribution in [-0.4, -0.2) is 16.5 Å². The Morgan fingerprint density at radius 3 is 2.94 bits per heavy atom. The summed E-state index contributed by atoms with van der Waals surface area (Å²) in [4.78, 5) is 8.43. The standard InChI is InChI=1S/C14H16ClN3/c1-11-9-16-10-14(18-11)17-7-3-5-12-4-2-6-13(15)8-12/h2,4,6,8-10H,3,5,7H2,1H3,(H,17,18). The first-order valence-corrected chi connectivity index (χ1v) is 6.39. The third-order valence-electron chi connectivity index (χ3n) is 2.59. The molecule has 0 bridgehead atoms. The van der Waals surface area contributed by atoms with Crippen molar-refractivity contribution in [2.24, 2.45) is 0 Å². The van der Waals surface area contributed by atoms with Gasteiger partial charge in [-0.25, -0.2) is 4.98 Å². The van der Waals surface area contributed by atoms with Crippen molar-refractivity contribution < 1.29 is 0 Å². The van der Waals surface area contributed by atoms with Crippen LogP contribution in [0.5, 0.6) is 0 Å². The fourth-order valence-electron chi connectivity index (χ4n) is 1.75. The molecule has 1 aromatic heterocycles. The maximum Gasteiger partial charge on any atom is 0.144 e. The number of benzene rings is 1. The number of aromatic nitrogens is 2. The van der Waals surface area contributed by atoms with Crippen LogP contribution in [-0.2, 0) is 6.42 Å². The molecule has 0 saturated carbocycles. The highest BCUT2D eigenvalue weighted by Gasteiger charge is 1.97. The van der Waals surface area contributed by atoms with Gasteiger partial charge < -0.3 is 5.32 Å². The third kappa shape index (κ3) is 4.00. The minimum absolute atomic E-state index is 0.796. The molecule has 0 aliphatic heterocycles. The number of hydrogen-bond acceptors (Lipinski definition) is 3. The number of nitrogens with zero attached hydrogens (tertiary/aromatic N) is 2. The molecule has 94 valence electrons. The van der Waals surface area contributed by atoms with Crippen LogP contribution in [0.2, 0.25) is 5.02 Å². The summed E-state index contributed by atoms with van der Waals surface area (Å²) in [5, 5.41) is 4.06. The zero-order chi connectivity index (χ0) is 12.8. The molecule has 0 radical (unpaired) electrons. The number of nitrogens with one attached hydrogen (secondary N) is 1. The summed E-state index contributed by atoms with van der Waals surface area (Å²) in [5.41, 5.74) is 2.19. The number of aryl methyl sites for hydroxylation is 2. The zero-order valence-corrected chi connectivity index (χ0v) is 11.1. The summed E-state index contributed by atoms with van der Waals surface area (Å²) >= 11 is 5.94. The van der Waals surface area contributed by atoms with Gasteiger partial charge in [-0.15, -0.1) is 0 Å². The van der Waals surface area contributed by atoms with Crippen LogP contribution < -0.4 is 5.32 Å². The summed E-state index contributed by atoms with van der Waals surface area (Å²) in [7, 11) is 0. The van der Waals surface area contributed by atoms with Gasteiger partial charge in [0.25, 0.3) is 0 Å². The lowest BCUT2D eigenvalue weighted by molar-refractivity contribution is 0.856. The van der Waals surface area contributed by atoms with E-state index >= 15 is 0 Å².